The van der Waals surface area contributed by atoms with Crippen LogP contribution in [0.1, 0.15) is 40.9 Å². The van der Waals surface area contributed by atoms with Gasteiger partial charge in [-0.15, -0.1) is 11.3 Å². The van der Waals surface area contributed by atoms with Crippen LogP contribution in [0.4, 0.5) is 4.39 Å². The third kappa shape index (κ3) is 4.08. The molecule has 2 aromatic heterocycles. The first kappa shape index (κ1) is 18.1. The zero-order valence-electron chi connectivity index (χ0n) is 14.4. The van der Waals surface area contributed by atoms with E-state index in [9.17, 15) is 14.0 Å². The lowest BCUT2D eigenvalue weighted by Gasteiger charge is -2.08. The van der Waals surface area contributed by atoms with Crippen molar-refractivity contribution in [2.45, 2.75) is 26.3 Å². The Morgan fingerprint density at radius 2 is 2.19 bits per heavy atom. The molecule has 0 radical (unpaired) electrons. The molecule has 0 aliphatic rings. The Kier molecular flexibility index (Phi) is 5.32. The van der Waals surface area contributed by atoms with Gasteiger partial charge in [-0.1, -0.05) is 0 Å². The molecule has 0 unspecified atom stereocenters. The standard InChI is InChI=1S/C18H19FN4O2S/c1-10(22-11(2)24)18-23-16(9-26-18)17(25)20-6-5-12-8-21-15-4-3-13(19)7-14(12)15/h3-4,7-10,21H,5-6H2,1-2H3,(H,20,25)(H,22,24)/t10-/m1/s1. The van der Waals surface area contributed by atoms with Crippen LogP contribution in [0, 0.1) is 5.82 Å². The van der Waals surface area contributed by atoms with Crippen LogP contribution in [0.15, 0.2) is 29.8 Å². The van der Waals surface area contributed by atoms with Crippen molar-refractivity contribution in [1.82, 2.24) is 20.6 Å². The van der Waals surface area contributed by atoms with E-state index in [0.717, 1.165) is 16.5 Å². The summed E-state index contributed by atoms with van der Waals surface area (Å²) in [5.74, 6) is -0.701. The molecule has 8 heteroatoms. The van der Waals surface area contributed by atoms with Crippen LogP contribution in [0.5, 0.6) is 0 Å². The van der Waals surface area contributed by atoms with Gasteiger partial charge in [-0.3, -0.25) is 9.59 Å². The van der Waals surface area contributed by atoms with E-state index in [4.69, 9.17) is 0 Å². The first-order valence-electron chi connectivity index (χ1n) is 8.20. The Morgan fingerprint density at radius 1 is 1.38 bits per heavy atom. The molecule has 26 heavy (non-hydrogen) atoms. The molecule has 0 saturated heterocycles. The summed E-state index contributed by atoms with van der Waals surface area (Å²) in [6.45, 7) is 3.67. The average molecular weight is 374 g/mol. The van der Waals surface area contributed by atoms with Crippen LogP contribution in [0.3, 0.4) is 0 Å². The molecular weight excluding hydrogens is 355 g/mol. The Hall–Kier alpha value is -2.74. The normalized spacial score (nSPS) is 12.1. The summed E-state index contributed by atoms with van der Waals surface area (Å²) in [7, 11) is 0. The lowest BCUT2D eigenvalue weighted by molar-refractivity contribution is -0.119. The summed E-state index contributed by atoms with van der Waals surface area (Å²) in [5, 5.41) is 8.73. The summed E-state index contributed by atoms with van der Waals surface area (Å²) in [5.41, 5.74) is 2.13. The van der Waals surface area contributed by atoms with E-state index in [2.05, 4.69) is 20.6 Å². The van der Waals surface area contributed by atoms with E-state index >= 15 is 0 Å². The van der Waals surface area contributed by atoms with E-state index in [-0.39, 0.29) is 23.7 Å². The highest BCUT2D eigenvalue weighted by Gasteiger charge is 2.15. The fourth-order valence-corrected chi connectivity index (χ4v) is 3.52. The van der Waals surface area contributed by atoms with E-state index in [1.807, 2.05) is 13.1 Å². The molecule has 0 saturated carbocycles. The Morgan fingerprint density at radius 3 is 2.96 bits per heavy atom. The number of aromatic nitrogens is 2. The minimum absolute atomic E-state index is 0.145. The van der Waals surface area contributed by atoms with Crippen molar-refractivity contribution < 1.29 is 14.0 Å². The molecule has 136 valence electrons. The minimum atomic E-state index is -0.286. The van der Waals surface area contributed by atoms with E-state index < -0.39 is 0 Å². The number of fused-ring (bicyclic) bond motifs is 1. The van der Waals surface area contributed by atoms with E-state index in [1.54, 1.807) is 11.4 Å². The number of halogens is 1. The van der Waals surface area contributed by atoms with Gasteiger partial charge < -0.3 is 15.6 Å². The molecule has 0 bridgehead atoms. The molecule has 3 rings (SSSR count). The number of aromatic amines is 1. The van der Waals surface area contributed by atoms with Gasteiger partial charge in [-0.05, 0) is 37.1 Å². The zero-order valence-corrected chi connectivity index (χ0v) is 15.2. The number of H-pyrrole nitrogens is 1. The highest BCUT2D eigenvalue weighted by atomic mass is 32.1. The number of thiazole rings is 1. The van der Waals surface area contributed by atoms with Crippen LogP contribution in [0.2, 0.25) is 0 Å². The highest BCUT2D eigenvalue weighted by Crippen LogP contribution is 2.20. The summed E-state index contributed by atoms with van der Waals surface area (Å²) >= 11 is 1.33. The number of nitrogens with one attached hydrogen (secondary N) is 3. The molecule has 0 aliphatic carbocycles. The van der Waals surface area contributed by atoms with Crippen molar-refractivity contribution in [3.63, 3.8) is 0 Å². The molecule has 0 spiro atoms. The quantitative estimate of drug-likeness (QED) is 0.620. The number of hydrogen-bond acceptors (Lipinski definition) is 4. The topological polar surface area (TPSA) is 86.9 Å². The van der Waals surface area contributed by atoms with Crippen LogP contribution in [-0.4, -0.2) is 28.3 Å². The van der Waals surface area contributed by atoms with Crippen LogP contribution < -0.4 is 10.6 Å². The van der Waals surface area contributed by atoms with Crippen molar-refractivity contribution in [2.75, 3.05) is 6.54 Å². The maximum absolute atomic E-state index is 13.4. The Balaban J connectivity index is 1.58. The van der Waals surface area contributed by atoms with E-state index in [0.29, 0.717) is 23.7 Å². The Bertz CT molecular complexity index is 950. The van der Waals surface area contributed by atoms with Crippen molar-refractivity contribution >= 4 is 34.1 Å². The molecule has 0 fully saturated rings. The van der Waals surface area contributed by atoms with Gasteiger partial charge in [-0.2, -0.15) is 0 Å². The number of amides is 2. The Labute approximate surface area is 153 Å². The molecule has 2 amide bonds. The maximum atomic E-state index is 13.4. The van der Waals surface area contributed by atoms with E-state index in [1.165, 1.54) is 30.4 Å². The lowest BCUT2D eigenvalue weighted by Crippen LogP contribution is -2.26. The molecule has 2 heterocycles. The van der Waals surface area contributed by atoms with Gasteiger partial charge >= 0.3 is 0 Å². The van der Waals surface area contributed by atoms with Gasteiger partial charge in [0.1, 0.15) is 16.5 Å². The first-order valence-corrected chi connectivity index (χ1v) is 9.08. The van der Waals surface area contributed by atoms with Crippen LogP contribution in [0.25, 0.3) is 10.9 Å². The van der Waals surface area contributed by atoms with Gasteiger partial charge in [0.25, 0.3) is 5.91 Å². The van der Waals surface area contributed by atoms with Gasteiger partial charge in [0.15, 0.2) is 0 Å². The van der Waals surface area contributed by atoms with Gasteiger partial charge in [-0.25, -0.2) is 9.37 Å². The monoisotopic (exact) mass is 374 g/mol. The summed E-state index contributed by atoms with van der Waals surface area (Å²) in [6, 6.07) is 4.35. The fourth-order valence-electron chi connectivity index (χ4n) is 2.72. The summed E-state index contributed by atoms with van der Waals surface area (Å²) < 4.78 is 13.4. The van der Waals surface area contributed by atoms with Crippen molar-refractivity contribution in [3.05, 3.63) is 51.9 Å². The fraction of sp³-hybridized carbons (Fsp3) is 0.278. The molecule has 3 N–H and O–H groups in total. The summed E-state index contributed by atoms with van der Waals surface area (Å²) in [4.78, 5) is 30.7. The second kappa shape index (κ2) is 7.65. The average Bonchev–Trinajstić information content (AvgIpc) is 3.21. The maximum Gasteiger partial charge on any atom is 0.270 e. The number of benzene rings is 1. The van der Waals surface area contributed by atoms with Gasteiger partial charge in [0.05, 0.1) is 6.04 Å². The van der Waals surface area contributed by atoms with Crippen molar-refractivity contribution in [1.29, 1.82) is 0 Å². The molecule has 3 aromatic rings. The van der Waals surface area contributed by atoms with Crippen LogP contribution in [-0.2, 0) is 11.2 Å². The van der Waals surface area contributed by atoms with Gasteiger partial charge in [0.2, 0.25) is 5.91 Å². The largest absolute Gasteiger partial charge is 0.361 e. The highest BCUT2D eigenvalue weighted by molar-refractivity contribution is 7.09. The number of nitrogens with zero attached hydrogens (tertiary/aromatic N) is 1. The molecular formula is C18H19FN4O2S. The lowest BCUT2D eigenvalue weighted by atomic mass is 10.1. The number of carbonyl (C=O) groups is 2. The molecule has 1 atom stereocenters. The predicted octanol–water partition coefficient (Wildman–Crippen LogP) is 2.93. The molecule has 6 nitrogen and oxygen atoms in total. The number of hydrogen-bond donors (Lipinski definition) is 3. The zero-order chi connectivity index (χ0) is 18.7. The summed E-state index contributed by atoms with van der Waals surface area (Å²) in [6.07, 6.45) is 2.40. The van der Waals surface area contributed by atoms with Crippen LogP contribution >= 0.6 is 11.3 Å². The van der Waals surface area contributed by atoms with Crippen molar-refractivity contribution in [3.8, 4) is 0 Å². The third-order valence-corrected chi connectivity index (χ3v) is 4.98. The molecule has 0 aliphatic heterocycles. The first-order chi connectivity index (χ1) is 12.4. The van der Waals surface area contributed by atoms with Gasteiger partial charge in [0, 0.05) is 35.9 Å². The smallest absolute Gasteiger partial charge is 0.270 e. The number of carbonyl (C=O) groups excluding carboxylic acids is 2. The SMILES string of the molecule is CC(=O)N[C@H](C)c1nc(C(=O)NCCc2c[nH]c3ccc(F)cc23)cs1. The second-order valence-corrected chi connectivity index (χ2v) is 6.89. The third-order valence-electron chi connectivity index (χ3n) is 3.95. The molecule has 1 aromatic carbocycles. The number of rotatable bonds is 6. The second-order valence-electron chi connectivity index (χ2n) is 6.00. The predicted molar refractivity (Wildman–Crippen MR) is 98.6 cm³/mol. The van der Waals surface area contributed by atoms with Crippen molar-refractivity contribution in [2.24, 2.45) is 0 Å². The minimum Gasteiger partial charge on any atom is -0.361 e.